The summed E-state index contributed by atoms with van der Waals surface area (Å²) < 4.78 is 0. The van der Waals surface area contributed by atoms with Crippen molar-refractivity contribution in [1.82, 2.24) is 5.43 Å². The van der Waals surface area contributed by atoms with Gasteiger partial charge < -0.3 is 5.32 Å². The third-order valence-corrected chi connectivity index (χ3v) is 3.34. The van der Waals surface area contributed by atoms with Crippen molar-refractivity contribution in [2.75, 3.05) is 11.9 Å². The first-order chi connectivity index (χ1) is 9.15. The van der Waals surface area contributed by atoms with Crippen LogP contribution >= 0.6 is 0 Å². The molecule has 1 aliphatic carbocycles. The average Bonchev–Trinajstić information content (AvgIpc) is 2.88. The first-order valence-electron chi connectivity index (χ1n) is 6.80. The van der Waals surface area contributed by atoms with Crippen molar-refractivity contribution < 1.29 is 4.79 Å². The van der Waals surface area contributed by atoms with E-state index in [-0.39, 0.29) is 12.5 Å². The zero-order chi connectivity index (χ0) is 13.7. The van der Waals surface area contributed by atoms with E-state index in [0.29, 0.717) is 0 Å². The number of anilines is 1. The Morgan fingerprint density at radius 2 is 2.00 bits per heavy atom. The molecule has 1 aliphatic rings. The predicted molar refractivity (Wildman–Crippen MR) is 78.5 cm³/mol. The molecule has 1 amide bonds. The first kappa shape index (κ1) is 13.6. The zero-order valence-corrected chi connectivity index (χ0v) is 11.6. The van der Waals surface area contributed by atoms with E-state index >= 15 is 0 Å². The van der Waals surface area contributed by atoms with Crippen LogP contribution in [0.5, 0.6) is 0 Å². The second-order valence-corrected chi connectivity index (χ2v) is 5.09. The van der Waals surface area contributed by atoms with E-state index in [4.69, 9.17) is 0 Å². The predicted octanol–water partition coefficient (Wildman–Crippen LogP) is 2.76. The van der Waals surface area contributed by atoms with Crippen molar-refractivity contribution in [1.29, 1.82) is 0 Å². The Morgan fingerprint density at radius 3 is 2.68 bits per heavy atom. The topological polar surface area (TPSA) is 53.5 Å². The number of rotatable bonds is 4. The summed E-state index contributed by atoms with van der Waals surface area (Å²) in [6.45, 7) is 4.34. The van der Waals surface area contributed by atoms with Gasteiger partial charge in [-0.25, -0.2) is 5.43 Å². The van der Waals surface area contributed by atoms with Crippen molar-refractivity contribution in [2.45, 2.75) is 39.5 Å². The Kier molecular flexibility index (Phi) is 4.55. The number of hydrogen-bond donors (Lipinski definition) is 2. The molecule has 0 heterocycles. The zero-order valence-electron chi connectivity index (χ0n) is 11.6. The molecule has 0 aliphatic heterocycles. The van der Waals surface area contributed by atoms with Crippen molar-refractivity contribution in [3.8, 4) is 0 Å². The summed E-state index contributed by atoms with van der Waals surface area (Å²) in [6.07, 6.45) is 4.42. The lowest BCUT2D eigenvalue weighted by Gasteiger charge is -2.09. The number of hydrazone groups is 1. The van der Waals surface area contributed by atoms with E-state index < -0.39 is 0 Å². The molecule has 0 spiro atoms. The molecule has 4 nitrogen and oxygen atoms in total. The standard InChI is InChI=1S/C15H21N3O/c1-11-7-8-14(12(2)9-11)16-10-15(19)18-17-13-5-3-4-6-13/h7-9,16H,3-6,10H2,1-2H3,(H,18,19). The highest BCUT2D eigenvalue weighted by Crippen LogP contribution is 2.15. The van der Waals surface area contributed by atoms with E-state index in [2.05, 4.69) is 28.8 Å². The molecule has 102 valence electrons. The Morgan fingerprint density at radius 1 is 1.26 bits per heavy atom. The van der Waals surface area contributed by atoms with Gasteiger partial charge in [-0.05, 0) is 51.2 Å². The lowest BCUT2D eigenvalue weighted by atomic mass is 10.1. The quantitative estimate of drug-likeness (QED) is 0.817. The summed E-state index contributed by atoms with van der Waals surface area (Å²) >= 11 is 0. The van der Waals surface area contributed by atoms with Crippen molar-refractivity contribution in [3.63, 3.8) is 0 Å². The van der Waals surface area contributed by atoms with Gasteiger partial charge in [0.25, 0.3) is 5.91 Å². The number of benzene rings is 1. The van der Waals surface area contributed by atoms with E-state index in [0.717, 1.165) is 29.8 Å². The molecule has 0 unspecified atom stereocenters. The molecule has 1 aromatic rings. The van der Waals surface area contributed by atoms with Gasteiger partial charge in [0, 0.05) is 11.4 Å². The fraction of sp³-hybridized carbons (Fsp3) is 0.467. The second kappa shape index (κ2) is 6.36. The number of hydrogen-bond acceptors (Lipinski definition) is 3. The Hall–Kier alpha value is -1.84. The van der Waals surface area contributed by atoms with Crippen LogP contribution in [0, 0.1) is 13.8 Å². The van der Waals surface area contributed by atoms with E-state index in [1.807, 2.05) is 19.1 Å². The van der Waals surface area contributed by atoms with Gasteiger partial charge in [-0.15, -0.1) is 0 Å². The maximum atomic E-state index is 11.7. The maximum absolute atomic E-state index is 11.7. The molecule has 19 heavy (non-hydrogen) atoms. The van der Waals surface area contributed by atoms with Gasteiger partial charge in [-0.3, -0.25) is 4.79 Å². The Labute approximate surface area is 114 Å². The van der Waals surface area contributed by atoms with Crippen molar-refractivity contribution in [2.24, 2.45) is 5.10 Å². The van der Waals surface area contributed by atoms with Gasteiger partial charge in [0.1, 0.15) is 0 Å². The smallest absolute Gasteiger partial charge is 0.259 e. The molecule has 1 fully saturated rings. The highest BCUT2D eigenvalue weighted by Gasteiger charge is 2.08. The Bertz CT molecular complexity index is 486. The normalized spacial score (nSPS) is 14.3. The van der Waals surface area contributed by atoms with E-state index in [9.17, 15) is 4.79 Å². The fourth-order valence-corrected chi connectivity index (χ4v) is 2.26. The number of aryl methyl sites for hydroxylation is 2. The molecule has 2 rings (SSSR count). The molecule has 0 radical (unpaired) electrons. The van der Waals surface area contributed by atoms with Gasteiger partial charge in [-0.1, -0.05) is 17.7 Å². The SMILES string of the molecule is Cc1ccc(NCC(=O)NN=C2CCCC2)c(C)c1. The van der Waals surface area contributed by atoms with Crippen LogP contribution in [0.2, 0.25) is 0 Å². The second-order valence-electron chi connectivity index (χ2n) is 5.09. The summed E-state index contributed by atoms with van der Waals surface area (Å²) in [5.74, 6) is -0.0978. The number of nitrogens with zero attached hydrogens (tertiary/aromatic N) is 1. The summed E-state index contributed by atoms with van der Waals surface area (Å²) in [4.78, 5) is 11.7. The number of carbonyl (C=O) groups excluding carboxylic acids is 1. The van der Waals surface area contributed by atoms with Crippen LogP contribution in [0.4, 0.5) is 5.69 Å². The van der Waals surface area contributed by atoms with Crippen LogP contribution in [-0.2, 0) is 4.79 Å². The van der Waals surface area contributed by atoms with Crippen LogP contribution in [-0.4, -0.2) is 18.2 Å². The largest absolute Gasteiger partial charge is 0.376 e. The van der Waals surface area contributed by atoms with E-state index in [1.54, 1.807) is 0 Å². The molecular weight excluding hydrogens is 238 g/mol. The summed E-state index contributed by atoms with van der Waals surface area (Å²) in [5.41, 5.74) is 7.09. The van der Waals surface area contributed by atoms with Gasteiger partial charge >= 0.3 is 0 Å². The average molecular weight is 259 g/mol. The third kappa shape index (κ3) is 4.09. The van der Waals surface area contributed by atoms with Gasteiger partial charge in [0.05, 0.1) is 6.54 Å². The first-order valence-corrected chi connectivity index (χ1v) is 6.80. The molecule has 1 aromatic carbocycles. The monoisotopic (exact) mass is 259 g/mol. The van der Waals surface area contributed by atoms with Crippen LogP contribution in [0.15, 0.2) is 23.3 Å². The minimum absolute atomic E-state index is 0.0978. The number of amides is 1. The van der Waals surface area contributed by atoms with Gasteiger partial charge in [-0.2, -0.15) is 5.10 Å². The van der Waals surface area contributed by atoms with E-state index in [1.165, 1.54) is 18.4 Å². The summed E-state index contributed by atoms with van der Waals surface area (Å²) in [7, 11) is 0. The molecular formula is C15H21N3O. The lowest BCUT2D eigenvalue weighted by molar-refractivity contribution is -0.119. The molecule has 0 aromatic heterocycles. The fourth-order valence-electron chi connectivity index (χ4n) is 2.26. The van der Waals surface area contributed by atoms with Crippen molar-refractivity contribution in [3.05, 3.63) is 29.3 Å². The maximum Gasteiger partial charge on any atom is 0.259 e. The highest BCUT2D eigenvalue weighted by molar-refractivity contribution is 5.88. The molecule has 2 N–H and O–H groups in total. The van der Waals surface area contributed by atoms with Crippen LogP contribution < -0.4 is 10.7 Å². The molecule has 1 saturated carbocycles. The molecule has 4 heteroatoms. The van der Waals surface area contributed by atoms with Crippen LogP contribution in [0.1, 0.15) is 36.8 Å². The third-order valence-electron chi connectivity index (χ3n) is 3.34. The highest BCUT2D eigenvalue weighted by atomic mass is 16.2. The van der Waals surface area contributed by atoms with Crippen molar-refractivity contribution >= 4 is 17.3 Å². The van der Waals surface area contributed by atoms with Crippen LogP contribution in [0.25, 0.3) is 0 Å². The lowest BCUT2D eigenvalue weighted by Crippen LogP contribution is -2.26. The molecule has 0 atom stereocenters. The number of nitrogens with one attached hydrogen (secondary N) is 2. The number of carbonyl (C=O) groups is 1. The van der Waals surface area contributed by atoms with Crippen LogP contribution in [0.3, 0.4) is 0 Å². The molecule has 0 saturated heterocycles. The minimum Gasteiger partial charge on any atom is -0.376 e. The van der Waals surface area contributed by atoms with Gasteiger partial charge in [0.15, 0.2) is 0 Å². The summed E-state index contributed by atoms with van der Waals surface area (Å²) in [5, 5.41) is 7.28. The Balaban J connectivity index is 1.81. The van der Waals surface area contributed by atoms with Gasteiger partial charge in [0.2, 0.25) is 0 Å². The summed E-state index contributed by atoms with van der Waals surface area (Å²) in [6, 6.07) is 6.13. The minimum atomic E-state index is -0.0978. The molecule has 0 bridgehead atoms.